The molecule has 1 fully saturated rings. The highest BCUT2D eigenvalue weighted by Crippen LogP contribution is 2.31. The van der Waals surface area contributed by atoms with Crippen LogP contribution in [0.5, 0.6) is 0 Å². The van der Waals surface area contributed by atoms with E-state index in [2.05, 4.69) is 20.0 Å². The number of carbonyl (C=O) groups is 1. The van der Waals surface area contributed by atoms with Gasteiger partial charge in [-0.15, -0.1) is 11.3 Å². The first-order valence-corrected chi connectivity index (χ1v) is 11.9. The Morgan fingerprint density at radius 1 is 1.24 bits per heavy atom. The molecule has 176 valence electrons. The molecular weight excluding hydrogens is 476 g/mol. The summed E-state index contributed by atoms with van der Waals surface area (Å²) in [6.07, 6.45) is 1.45. The molecule has 5 rings (SSSR count). The number of hydrogen-bond donors (Lipinski definition) is 1. The van der Waals surface area contributed by atoms with Gasteiger partial charge in [-0.1, -0.05) is 22.8 Å². The number of carbonyl (C=O) groups excluding carboxylic acids is 1. The first-order valence-electron chi connectivity index (χ1n) is 10.7. The van der Waals surface area contributed by atoms with E-state index in [9.17, 15) is 4.79 Å². The number of benzene rings is 1. The first kappa shape index (κ1) is 22.7. The number of rotatable bonds is 7. The Balaban J connectivity index is 1.29. The SMILES string of the molecule is COCC1CN(Cc2cc(-c3ccc(Cl)s3)on2)CC(=O)N1Cc1ccc2c(N)ncnc2c1. The summed E-state index contributed by atoms with van der Waals surface area (Å²) >= 11 is 7.46. The molecule has 1 atom stereocenters. The number of nitrogens with two attached hydrogens (primary N) is 1. The van der Waals surface area contributed by atoms with Crippen molar-refractivity contribution in [1.82, 2.24) is 24.9 Å². The van der Waals surface area contributed by atoms with Gasteiger partial charge in [0, 0.05) is 38.2 Å². The minimum absolute atomic E-state index is 0.0318. The van der Waals surface area contributed by atoms with Gasteiger partial charge in [0.1, 0.15) is 12.1 Å². The van der Waals surface area contributed by atoms with Crippen LogP contribution in [0.4, 0.5) is 5.82 Å². The summed E-state index contributed by atoms with van der Waals surface area (Å²) in [6, 6.07) is 11.3. The molecule has 1 unspecified atom stereocenters. The molecule has 1 aliphatic rings. The fourth-order valence-electron chi connectivity index (χ4n) is 4.22. The average molecular weight is 499 g/mol. The fraction of sp³-hybridized carbons (Fsp3) is 0.304. The maximum absolute atomic E-state index is 13.2. The smallest absolute Gasteiger partial charge is 0.237 e. The second-order valence-corrected chi connectivity index (χ2v) is 9.91. The van der Waals surface area contributed by atoms with Crippen LogP contribution in [-0.2, 0) is 22.6 Å². The van der Waals surface area contributed by atoms with Gasteiger partial charge in [-0.05, 0) is 29.8 Å². The molecule has 4 aromatic rings. The van der Waals surface area contributed by atoms with E-state index >= 15 is 0 Å². The summed E-state index contributed by atoms with van der Waals surface area (Å²) < 4.78 is 11.6. The minimum Gasteiger partial charge on any atom is -0.383 e. The molecule has 1 saturated heterocycles. The molecule has 0 aliphatic carbocycles. The topological polar surface area (TPSA) is 111 Å². The van der Waals surface area contributed by atoms with Crippen molar-refractivity contribution in [3.05, 3.63) is 58.3 Å². The molecule has 0 radical (unpaired) electrons. The highest BCUT2D eigenvalue weighted by Gasteiger charge is 2.33. The number of nitrogen functional groups attached to an aromatic ring is 1. The Bertz CT molecular complexity index is 1330. The summed E-state index contributed by atoms with van der Waals surface area (Å²) in [4.78, 5) is 26.3. The molecule has 0 saturated carbocycles. The third kappa shape index (κ3) is 4.76. The van der Waals surface area contributed by atoms with Gasteiger partial charge in [-0.25, -0.2) is 9.97 Å². The predicted octanol–water partition coefficient (Wildman–Crippen LogP) is 3.44. The molecule has 1 amide bonds. The van der Waals surface area contributed by atoms with E-state index in [1.807, 2.05) is 41.3 Å². The Kier molecular flexibility index (Phi) is 6.46. The van der Waals surface area contributed by atoms with Gasteiger partial charge in [-0.2, -0.15) is 0 Å². The second-order valence-electron chi connectivity index (χ2n) is 8.20. The number of halogens is 1. The van der Waals surface area contributed by atoms with Crippen LogP contribution in [-0.4, -0.2) is 63.7 Å². The van der Waals surface area contributed by atoms with E-state index in [4.69, 9.17) is 26.6 Å². The molecule has 1 aliphatic heterocycles. The van der Waals surface area contributed by atoms with Crippen LogP contribution >= 0.6 is 22.9 Å². The summed E-state index contributed by atoms with van der Waals surface area (Å²) in [7, 11) is 1.65. The number of anilines is 1. The van der Waals surface area contributed by atoms with Gasteiger partial charge in [0.05, 0.1) is 39.6 Å². The number of aromatic nitrogens is 3. The standard InChI is InChI=1S/C23H23ClN6O3S/c1-32-12-16-10-29(9-15-7-19(33-28-15)20-4-5-21(24)34-20)11-22(31)30(16)8-14-2-3-17-18(6-14)26-13-27-23(17)25/h2-7,13,16H,8-12H2,1H3,(H2,25,26,27). The van der Waals surface area contributed by atoms with E-state index in [0.29, 0.717) is 42.2 Å². The molecule has 4 heterocycles. The fourth-order valence-corrected chi connectivity index (χ4v) is 5.21. The van der Waals surface area contributed by atoms with Crippen molar-refractivity contribution in [2.75, 3.05) is 32.5 Å². The molecule has 3 aromatic heterocycles. The zero-order chi connectivity index (χ0) is 23.7. The van der Waals surface area contributed by atoms with Crippen molar-refractivity contribution >= 4 is 45.6 Å². The monoisotopic (exact) mass is 498 g/mol. The lowest BCUT2D eigenvalue weighted by atomic mass is 10.1. The van der Waals surface area contributed by atoms with Crippen molar-refractivity contribution in [3.8, 4) is 10.6 Å². The predicted molar refractivity (Wildman–Crippen MR) is 130 cm³/mol. The van der Waals surface area contributed by atoms with Crippen LogP contribution in [0.1, 0.15) is 11.3 Å². The third-order valence-corrected chi connectivity index (χ3v) is 7.04. The maximum Gasteiger partial charge on any atom is 0.237 e. The Hall–Kier alpha value is -3.05. The van der Waals surface area contributed by atoms with Crippen LogP contribution in [0.25, 0.3) is 21.5 Å². The van der Waals surface area contributed by atoms with Crippen molar-refractivity contribution in [2.24, 2.45) is 0 Å². The van der Waals surface area contributed by atoms with Crippen LogP contribution < -0.4 is 5.73 Å². The summed E-state index contributed by atoms with van der Waals surface area (Å²) in [6.45, 7) is 2.36. The van der Waals surface area contributed by atoms with Gasteiger partial charge < -0.3 is 19.9 Å². The van der Waals surface area contributed by atoms with E-state index in [-0.39, 0.29) is 18.5 Å². The number of thiophene rings is 1. The molecule has 1 aromatic carbocycles. The lowest BCUT2D eigenvalue weighted by Crippen LogP contribution is -2.57. The highest BCUT2D eigenvalue weighted by molar-refractivity contribution is 7.19. The van der Waals surface area contributed by atoms with Crippen molar-refractivity contribution in [1.29, 1.82) is 0 Å². The number of amides is 1. The number of fused-ring (bicyclic) bond motifs is 1. The quantitative estimate of drug-likeness (QED) is 0.412. The van der Waals surface area contributed by atoms with Gasteiger partial charge in [0.2, 0.25) is 5.91 Å². The van der Waals surface area contributed by atoms with Crippen molar-refractivity contribution < 1.29 is 14.1 Å². The molecular formula is C23H23ClN6O3S. The second kappa shape index (κ2) is 9.67. The Morgan fingerprint density at radius 2 is 2.12 bits per heavy atom. The van der Waals surface area contributed by atoms with Crippen LogP contribution in [0.2, 0.25) is 4.34 Å². The number of ether oxygens (including phenoxy) is 1. The number of methoxy groups -OCH3 is 1. The summed E-state index contributed by atoms with van der Waals surface area (Å²) in [5.74, 6) is 1.15. The van der Waals surface area contributed by atoms with Crippen LogP contribution in [0.3, 0.4) is 0 Å². The van der Waals surface area contributed by atoms with Gasteiger partial charge in [0.25, 0.3) is 0 Å². The number of nitrogens with zero attached hydrogens (tertiary/aromatic N) is 5. The first-order chi connectivity index (χ1) is 16.5. The maximum atomic E-state index is 13.2. The number of piperazine rings is 1. The largest absolute Gasteiger partial charge is 0.383 e. The van der Waals surface area contributed by atoms with Gasteiger partial charge in [-0.3, -0.25) is 9.69 Å². The van der Waals surface area contributed by atoms with Crippen LogP contribution in [0, 0.1) is 0 Å². The summed E-state index contributed by atoms with van der Waals surface area (Å²) in [5.41, 5.74) is 8.43. The number of hydrogen-bond acceptors (Lipinski definition) is 9. The lowest BCUT2D eigenvalue weighted by molar-refractivity contribution is -0.142. The van der Waals surface area contributed by atoms with E-state index < -0.39 is 0 Å². The van der Waals surface area contributed by atoms with Crippen LogP contribution in [0.15, 0.2) is 47.2 Å². The Labute approximate surface area is 205 Å². The molecule has 11 heteroatoms. The van der Waals surface area contributed by atoms with Gasteiger partial charge in [0.15, 0.2) is 5.76 Å². The lowest BCUT2D eigenvalue weighted by Gasteiger charge is -2.40. The Morgan fingerprint density at radius 3 is 2.91 bits per heavy atom. The van der Waals surface area contributed by atoms with E-state index in [1.54, 1.807) is 7.11 Å². The van der Waals surface area contributed by atoms with Crippen molar-refractivity contribution in [3.63, 3.8) is 0 Å². The van der Waals surface area contributed by atoms with E-state index in [1.165, 1.54) is 17.7 Å². The molecule has 2 N–H and O–H groups in total. The average Bonchev–Trinajstić information content (AvgIpc) is 3.45. The molecule has 0 bridgehead atoms. The zero-order valence-corrected chi connectivity index (χ0v) is 20.1. The molecule has 0 spiro atoms. The molecule has 34 heavy (non-hydrogen) atoms. The molecule has 9 nitrogen and oxygen atoms in total. The van der Waals surface area contributed by atoms with Crippen molar-refractivity contribution in [2.45, 2.75) is 19.1 Å². The van der Waals surface area contributed by atoms with Gasteiger partial charge >= 0.3 is 0 Å². The van der Waals surface area contributed by atoms with E-state index in [0.717, 1.165) is 27.0 Å². The summed E-state index contributed by atoms with van der Waals surface area (Å²) in [5, 5.41) is 4.98. The normalized spacial score (nSPS) is 17.1. The minimum atomic E-state index is -0.0973. The highest BCUT2D eigenvalue weighted by atomic mass is 35.5. The third-order valence-electron chi connectivity index (χ3n) is 5.79. The zero-order valence-electron chi connectivity index (χ0n) is 18.5.